The van der Waals surface area contributed by atoms with Gasteiger partial charge >= 0.3 is 6.18 Å². The number of halogens is 3. The number of aliphatic imine (C=N–C) groups is 4. The van der Waals surface area contributed by atoms with Crippen molar-refractivity contribution >= 4 is 118 Å². The molecule has 15 heterocycles. The quantitative estimate of drug-likeness (QED) is 0.0827. The first-order valence-electron chi connectivity index (χ1n) is 47.6. The lowest BCUT2D eigenvalue weighted by atomic mass is 9.84. The summed E-state index contributed by atoms with van der Waals surface area (Å²) in [6, 6.07) is 47.9. The number of hydrogen-bond donors (Lipinski definition) is 4. The van der Waals surface area contributed by atoms with Crippen LogP contribution in [0.3, 0.4) is 0 Å². The van der Waals surface area contributed by atoms with Crippen LogP contribution in [0.5, 0.6) is 0 Å². The Balaban J connectivity index is 0.0000000997. The van der Waals surface area contributed by atoms with Crippen molar-refractivity contribution in [2.75, 3.05) is 19.6 Å². The predicted octanol–water partition coefficient (Wildman–Crippen LogP) is 21.4. The van der Waals surface area contributed by atoms with Crippen LogP contribution >= 0.6 is 0 Å². The molecule has 0 amide bonds. The Morgan fingerprint density at radius 2 is 0.788 bits per heavy atom. The van der Waals surface area contributed by atoms with Gasteiger partial charge in [0.05, 0.1) is 106 Å². The number of nitrogens with zero attached hydrogens (tertiary/aromatic N) is 19. The lowest BCUT2D eigenvalue weighted by Crippen LogP contribution is -2.22. The fourth-order valence-corrected chi connectivity index (χ4v) is 21.9. The van der Waals surface area contributed by atoms with E-state index in [0.717, 1.165) is 260 Å². The molecule has 0 atom stereocenters. The summed E-state index contributed by atoms with van der Waals surface area (Å²) in [5.41, 5.74) is 41.2. The van der Waals surface area contributed by atoms with E-state index < -0.39 is 11.9 Å². The van der Waals surface area contributed by atoms with Crippen molar-refractivity contribution in [3.63, 3.8) is 0 Å². The minimum absolute atomic E-state index is 0.0300. The molecule has 8 aliphatic rings. The SMILES string of the molecule is C1=NCc2ccc(-c3nc4ccc5[nH]nc(-c6ccncc6)c5c4c4c3CCCC4)cc21.CC(=O)Cn1cc(-c2n[nH]c3ccc4nc(-c5ccc6c(c5)C=NC6)c5c(c4c23)CCCC5)nn1.CCN(CC)CC#Cc1[nH]nc2ccc3nc(-c4ccc5c(c4)C=NC5)c4c(c3c12)CCCC4.Cn1nc(-c2n[nH]c3ccc4nc(-c5ccc6c(c5)C=NC6)c5c(c4c23)CCCC5)cc1C(F)(F)F. The van der Waals surface area contributed by atoms with Gasteiger partial charge in [-0.25, -0.2) is 24.6 Å². The Hall–Kier alpha value is -15.6. The van der Waals surface area contributed by atoms with E-state index >= 15 is 0 Å². The van der Waals surface area contributed by atoms with Gasteiger partial charge in [0.15, 0.2) is 5.78 Å². The highest BCUT2D eigenvalue weighted by Gasteiger charge is 2.37. The van der Waals surface area contributed by atoms with Crippen LogP contribution < -0.4 is 0 Å². The Labute approximate surface area is 785 Å². The third kappa shape index (κ3) is 15.2. The largest absolute Gasteiger partial charge is 0.433 e. The molecule has 0 radical (unpaired) electrons. The predicted molar refractivity (Wildman–Crippen MR) is 534 cm³/mol. The Bertz CT molecular complexity index is 8410. The smallest absolute Gasteiger partial charge is 0.298 e. The molecule has 0 saturated heterocycles. The molecule has 4 aliphatic carbocycles. The van der Waals surface area contributed by atoms with E-state index in [4.69, 9.17) is 19.9 Å². The van der Waals surface area contributed by atoms with Crippen molar-refractivity contribution in [2.24, 2.45) is 27.0 Å². The molecule has 27 rings (SSSR count). The van der Waals surface area contributed by atoms with Gasteiger partial charge in [-0.3, -0.25) is 59.7 Å². The molecule has 4 aliphatic heterocycles. The number of hydrogen-bond acceptors (Lipinski definition) is 18. The summed E-state index contributed by atoms with van der Waals surface area (Å²) in [6.07, 6.45) is 26.2. The topological polar surface area (TPSA) is 297 Å². The zero-order valence-corrected chi connectivity index (χ0v) is 76.3. The number of fused-ring (bicyclic) bond motifs is 24. The van der Waals surface area contributed by atoms with Gasteiger partial charge in [0.25, 0.3) is 0 Å². The van der Waals surface area contributed by atoms with Crippen molar-refractivity contribution in [2.45, 2.75) is 162 Å². The number of benzene rings is 8. The van der Waals surface area contributed by atoms with Gasteiger partial charge < -0.3 is 0 Å². The van der Waals surface area contributed by atoms with Gasteiger partial charge in [-0.05, 0) is 309 Å². The van der Waals surface area contributed by atoms with Crippen molar-refractivity contribution in [3.05, 3.63) is 259 Å². The Kier molecular flexibility index (Phi) is 21.4. The minimum atomic E-state index is -4.50. The number of pyridine rings is 5. The number of carbonyl (C=O) groups is 1. The maximum Gasteiger partial charge on any atom is 0.433 e. The number of nitrogens with one attached hydrogen (secondary N) is 4. The van der Waals surface area contributed by atoms with Crippen LogP contribution in [0.2, 0.25) is 0 Å². The van der Waals surface area contributed by atoms with E-state index in [1.807, 2.05) is 67.6 Å². The summed E-state index contributed by atoms with van der Waals surface area (Å²) in [5, 5.41) is 52.3. The second-order valence-electron chi connectivity index (χ2n) is 36.9. The van der Waals surface area contributed by atoms with E-state index in [1.54, 1.807) is 17.8 Å². The van der Waals surface area contributed by atoms with E-state index in [0.29, 0.717) is 17.9 Å². The fourth-order valence-electron chi connectivity index (χ4n) is 21.9. The van der Waals surface area contributed by atoms with E-state index in [-0.39, 0.29) is 18.0 Å². The highest BCUT2D eigenvalue weighted by molar-refractivity contribution is 6.17. The molecule has 24 nitrogen and oxygen atoms in total. The number of aromatic amines is 4. The molecule has 0 bridgehead atoms. The lowest BCUT2D eigenvalue weighted by molar-refractivity contribution is -0.143. The standard InChI is InChI=1S/C29H29N5.C27H21F3N6.C27H23N7O.C27H21N5/c1-3-34(4-2)15-7-10-25-28-26(33-32-25)14-13-24-27(28)22-8-5-6-9-23(22)29(31-24)19-11-12-20-17-30-18-21(20)16-19;1-36-22(27(28,29)30)11-21(35-36)26-24-20(33-34-26)9-8-19-23(24)17-4-2-3-5-18(17)25(32-19)14-6-7-15-12-31-13-16(15)10-14;1-15(35)13-34-14-23(31-33-34)27-25-22(30-32-27)9-8-21-24(25)19-4-2-3-5-20(19)26(29-21)16-6-7-17-11-28-12-18(17)10-16;1-2-4-21-20(3-1)24-22(30-26(21)17-5-6-18-14-29-15-19(18)13-17)7-8-23-25(24)27(32-31-23)16-9-11-28-12-10-16/h11-14,16,18H,3-6,8-9,15,17H2,1-2H3,(H,32,33);6-11,13H,2-5,12H2,1H3,(H,33,34);6-10,12,14H,2-5,11,13H2,1H3,(H,30,32);5-13,15H,1-4,14H2,(H,31,32). The molecular weight excluding hydrogens is 1720 g/mol. The number of alkyl halides is 3. The molecule has 676 valence electrons. The molecule has 0 fully saturated rings. The number of aryl methyl sites for hydroxylation is 5. The van der Waals surface area contributed by atoms with Crippen LogP contribution in [0.25, 0.3) is 166 Å². The Morgan fingerprint density at radius 1 is 0.409 bits per heavy atom. The van der Waals surface area contributed by atoms with Crippen LogP contribution in [0.15, 0.2) is 178 Å². The zero-order valence-electron chi connectivity index (χ0n) is 76.3. The average Bonchev–Trinajstić information content (AvgIpc) is 1.64. The molecule has 11 aromatic heterocycles. The number of rotatable bonds is 12. The van der Waals surface area contributed by atoms with Gasteiger partial charge in [0, 0.05) is 115 Å². The molecule has 0 unspecified atom stereocenters. The number of aromatic nitrogens is 18. The maximum absolute atomic E-state index is 13.5. The third-order valence-corrected chi connectivity index (χ3v) is 28.6. The molecule has 0 spiro atoms. The van der Waals surface area contributed by atoms with Crippen LogP contribution in [0.4, 0.5) is 13.2 Å². The molecule has 4 N–H and O–H groups in total. The first kappa shape index (κ1) is 84.4. The summed E-state index contributed by atoms with van der Waals surface area (Å²) in [5.74, 6) is 6.78. The zero-order chi connectivity index (χ0) is 92.3. The molecule has 137 heavy (non-hydrogen) atoms. The van der Waals surface area contributed by atoms with Crippen LogP contribution in [0, 0.1) is 11.8 Å². The lowest BCUT2D eigenvalue weighted by Gasteiger charge is -2.22. The summed E-state index contributed by atoms with van der Waals surface area (Å²) in [7, 11) is 1.30. The normalized spacial score (nSPS) is 14.7. The highest BCUT2D eigenvalue weighted by Crippen LogP contribution is 2.48. The maximum atomic E-state index is 13.5. The fraction of sp³-hybridized carbons (Fsp3) is 0.264. The molecular formula is C110H94F3N23O. The third-order valence-electron chi connectivity index (χ3n) is 28.6. The van der Waals surface area contributed by atoms with Crippen molar-refractivity contribution in [3.8, 4) is 90.9 Å². The molecule has 27 heteroatoms. The second kappa shape index (κ2) is 34.7. The molecule has 0 saturated carbocycles. The van der Waals surface area contributed by atoms with E-state index in [9.17, 15) is 18.0 Å². The van der Waals surface area contributed by atoms with E-state index in [2.05, 4.69) is 215 Å². The van der Waals surface area contributed by atoms with E-state index in [1.165, 1.54) is 143 Å². The monoisotopic (exact) mass is 1810 g/mol. The van der Waals surface area contributed by atoms with Gasteiger partial charge in [-0.15, -0.1) is 5.10 Å². The van der Waals surface area contributed by atoms with Crippen molar-refractivity contribution < 1.29 is 18.0 Å². The van der Waals surface area contributed by atoms with Gasteiger partial charge in [0.2, 0.25) is 0 Å². The first-order valence-corrected chi connectivity index (χ1v) is 47.6. The summed E-state index contributed by atoms with van der Waals surface area (Å²) in [4.78, 5) is 56.5. The first-order chi connectivity index (χ1) is 67.2. The van der Waals surface area contributed by atoms with Gasteiger partial charge in [-0.1, -0.05) is 73.5 Å². The number of ketones is 1. The van der Waals surface area contributed by atoms with Crippen LogP contribution in [-0.4, -0.2) is 146 Å². The minimum Gasteiger partial charge on any atom is -0.298 e. The van der Waals surface area contributed by atoms with Gasteiger partial charge in [0.1, 0.15) is 46.4 Å². The summed E-state index contributed by atoms with van der Waals surface area (Å²) in [6.45, 7) is 11.9. The molecule has 8 aromatic carbocycles. The van der Waals surface area contributed by atoms with Gasteiger partial charge in [-0.2, -0.15) is 38.7 Å². The summed E-state index contributed by atoms with van der Waals surface area (Å²) >= 11 is 0. The highest BCUT2D eigenvalue weighted by atomic mass is 19.4. The van der Waals surface area contributed by atoms with Crippen LogP contribution in [0.1, 0.15) is 173 Å². The molecule has 19 aromatic rings. The average molecular weight is 1810 g/mol. The van der Waals surface area contributed by atoms with Crippen molar-refractivity contribution in [1.29, 1.82) is 0 Å². The number of Topliss-reactive ketones (excluding diaryl/α,β-unsaturated/α-hetero) is 1. The second-order valence-corrected chi connectivity index (χ2v) is 36.9. The summed E-state index contributed by atoms with van der Waals surface area (Å²) < 4.78 is 42.9. The van der Waals surface area contributed by atoms with Crippen molar-refractivity contribution in [1.82, 2.24) is 95.4 Å². The number of H-pyrrole nitrogens is 4. The Morgan fingerprint density at radius 3 is 1.19 bits per heavy atom. The van der Waals surface area contributed by atoms with Crippen LogP contribution in [-0.2, 0) is 102 Å². The number of carbonyl (C=O) groups excluding carboxylic acids is 1.